The summed E-state index contributed by atoms with van der Waals surface area (Å²) in [5.74, 6) is -1.58. The van der Waals surface area contributed by atoms with E-state index in [4.69, 9.17) is 10.5 Å². The van der Waals surface area contributed by atoms with Crippen LogP contribution in [0.1, 0.15) is 24.8 Å². The number of alkyl halides is 6. The smallest absolute Gasteiger partial charge is 0.370 e. The van der Waals surface area contributed by atoms with Crippen molar-refractivity contribution < 1.29 is 40.7 Å². The molecule has 3 rings (SSSR count). The Kier molecular flexibility index (Phi) is 7.54. The number of nitrogens with one attached hydrogen (secondary N) is 1. The van der Waals surface area contributed by atoms with Crippen LogP contribution >= 0.6 is 0 Å². The van der Waals surface area contributed by atoms with Crippen LogP contribution in [0.2, 0.25) is 0 Å². The molecule has 7 nitrogen and oxygen atoms in total. The summed E-state index contributed by atoms with van der Waals surface area (Å²) in [4.78, 5) is 26.8. The van der Waals surface area contributed by atoms with E-state index in [-0.39, 0.29) is 25.4 Å². The van der Waals surface area contributed by atoms with Crippen molar-refractivity contribution in [2.45, 2.75) is 43.7 Å². The molecule has 2 fully saturated rings. The van der Waals surface area contributed by atoms with Crippen LogP contribution in [0, 0.1) is 0 Å². The molecule has 1 aromatic carbocycles. The van der Waals surface area contributed by atoms with Gasteiger partial charge in [-0.2, -0.15) is 26.3 Å². The van der Waals surface area contributed by atoms with Crippen molar-refractivity contribution in [1.82, 2.24) is 4.90 Å². The van der Waals surface area contributed by atoms with E-state index in [9.17, 15) is 35.9 Å². The molecule has 1 heterocycles. The number of morpholine rings is 1. The Labute approximate surface area is 185 Å². The SMILES string of the molecule is NC[C@@H](C(=O)Nc1ccc(N2CCOCC2=O)cc1C(F)(F)F)N(CC(F)(F)F)C1CCC1. The van der Waals surface area contributed by atoms with Gasteiger partial charge in [-0.25, -0.2) is 0 Å². The third-order valence-electron chi connectivity index (χ3n) is 5.70. The first kappa shape index (κ1) is 25.2. The Hall–Kier alpha value is -2.38. The van der Waals surface area contributed by atoms with E-state index in [1.165, 1.54) is 6.07 Å². The van der Waals surface area contributed by atoms with Crippen LogP contribution in [0.5, 0.6) is 0 Å². The van der Waals surface area contributed by atoms with Crippen LogP contribution in [0.4, 0.5) is 37.7 Å². The third-order valence-corrected chi connectivity index (χ3v) is 5.70. The third kappa shape index (κ3) is 6.15. The van der Waals surface area contributed by atoms with Crippen LogP contribution in [-0.2, 0) is 20.5 Å². The lowest BCUT2D eigenvalue weighted by molar-refractivity contribution is -0.162. The average Bonchev–Trinajstić information content (AvgIpc) is 2.66. The molecule has 33 heavy (non-hydrogen) atoms. The maximum absolute atomic E-state index is 13.7. The fourth-order valence-electron chi connectivity index (χ4n) is 3.86. The number of carbonyl (C=O) groups is 2. The quantitative estimate of drug-likeness (QED) is 0.584. The summed E-state index contributed by atoms with van der Waals surface area (Å²) in [6, 6.07) is 0.936. The highest BCUT2D eigenvalue weighted by molar-refractivity contribution is 5.98. The topological polar surface area (TPSA) is 87.9 Å². The van der Waals surface area contributed by atoms with Gasteiger partial charge in [0.1, 0.15) is 12.6 Å². The van der Waals surface area contributed by atoms with Gasteiger partial charge in [0, 0.05) is 24.8 Å². The molecule has 0 radical (unpaired) electrons. The number of rotatable bonds is 7. The first-order valence-corrected chi connectivity index (χ1v) is 10.3. The predicted molar refractivity (Wildman–Crippen MR) is 106 cm³/mol. The molecule has 2 aliphatic rings. The number of benzene rings is 1. The largest absolute Gasteiger partial charge is 0.418 e. The molecule has 1 atom stereocenters. The fourth-order valence-corrected chi connectivity index (χ4v) is 3.86. The van der Waals surface area contributed by atoms with Crippen molar-refractivity contribution in [1.29, 1.82) is 0 Å². The second kappa shape index (κ2) is 9.85. The van der Waals surface area contributed by atoms with E-state index < -0.39 is 60.6 Å². The molecule has 1 aromatic rings. The molecule has 0 aromatic heterocycles. The maximum Gasteiger partial charge on any atom is 0.418 e. The molecule has 0 spiro atoms. The first-order chi connectivity index (χ1) is 15.4. The molecule has 1 aliphatic heterocycles. The van der Waals surface area contributed by atoms with E-state index in [0.29, 0.717) is 19.3 Å². The molecule has 13 heteroatoms. The fraction of sp³-hybridized carbons (Fsp3) is 0.600. The van der Waals surface area contributed by atoms with Gasteiger partial charge in [-0.1, -0.05) is 6.42 Å². The lowest BCUT2D eigenvalue weighted by Crippen LogP contribution is -2.57. The van der Waals surface area contributed by atoms with Gasteiger partial charge in [0.15, 0.2) is 0 Å². The number of amides is 2. The van der Waals surface area contributed by atoms with E-state index in [1.54, 1.807) is 0 Å². The summed E-state index contributed by atoms with van der Waals surface area (Å²) in [5, 5.41) is 2.10. The highest BCUT2D eigenvalue weighted by atomic mass is 19.4. The van der Waals surface area contributed by atoms with Gasteiger partial charge in [-0.15, -0.1) is 0 Å². The van der Waals surface area contributed by atoms with Crippen molar-refractivity contribution in [3.63, 3.8) is 0 Å². The van der Waals surface area contributed by atoms with Crippen molar-refractivity contribution >= 4 is 23.2 Å². The number of hydrogen-bond donors (Lipinski definition) is 2. The summed E-state index contributed by atoms with van der Waals surface area (Å²) in [5.41, 5.74) is 3.69. The summed E-state index contributed by atoms with van der Waals surface area (Å²) >= 11 is 0. The van der Waals surface area contributed by atoms with Gasteiger partial charge >= 0.3 is 12.4 Å². The number of ether oxygens (including phenoxy) is 1. The van der Waals surface area contributed by atoms with Gasteiger partial charge in [-0.05, 0) is 31.0 Å². The van der Waals surface area contributed by atoms with Gasteiger partial charge in [0.2, 0.25) is 5.91 Å². The van der Waals surface area contributed by atoms with Crippen molar-refractivity contribution in [2.24, 2.45) is 5.73 Å². The molecule has 0 bridgehead atoms. The number of anilines is 2. The van der Waals surface area contributed by atoms with Crippen molar-refractivity contribution in [3.8, 4) is 0 Å². The number of nitrogens with two attached hydrogens (primary N) is 1. The normalized spacial score (nSPS) is 18.9. The van der Waals surface area contributed by atoms with Crippen LogP contribution in [0.25, 0.3) is 0 Å². The molecule has 0 unspecified atom stereocenters. The minimum atomic E-state index is -4.90. The lowest BCUT2D eigenvalue weighted by atomic mass is 9.90. The van der Waals surface area contributed by atoms with Crippen LogP contribution in [0.15, 0.2) is 18.2 Å². The van der Waals surface area contributed by atoms with E-state index >= 15 is 0 Å². The molecule has 1 aliphatic carbocycles. The number of carbonyl (C=O) groups excluding carboxylic acids is 2. The molecular formula is C20H24F6N4O3. The highest BCUT2D eigenvalue weighted by Gasteiger charge is 2.42. The zero-order valence-corrected chi connectivity index (χ0v) is 17.5. The van der Waals surface area contributed by atoms with Crippen LogP contribution < -0.4 is 16.0 Å². The monoisotopic (exact) mass is 482 g/mol. The van der Waals surface area contributed by atoms with Crippen molar-refractivity contribution in [2.75, 3.05) is 43.1 Å². The van der Waals surface area contributed by atoms with Crippen LogP contribution in [0.3, 0.4) is 0 Å². The zero-order chi connectivity index (χ0) is 24.4. The Morgan fingerprint density at radius 1 is 1.24 bits per heavy atom. The van der Waals surface area contributed by atoms with E-state index in [1.807, 2.05) is 0 Å². The molecular weight excluding hydrogens is 458 g/mol. The summed E-state index contributed by atoms with van der Waals surface area (Å²) in [6.45, 7) is -1.95. The average molecular weight is 482 g/mol. The maximum atomic E-state index is 13.7. The van der Waals surface area contributed by atoms with E-state index in [0.717, 1.165) is 21.9 Å². The Bertz CT molecular complexity index is 872. The standard InChI is InChI=1S/C20H24F6N4O3/c21-19(22,23)11-30(12-2-1-3-12)16(9-27)18(32)28-15-5-4-13(8-14(15)20(24,25)26)29-6-7-33-10-17(29)31/h4-5,8,12,16H,1-3,6-7,9-11,27H2,(H,28,32)/t16-/m0/s1. The zero-order valence-electron chi connectivity index (χ0n) is 17.5. The second-order valence-corrected chi connectivity index (χ2v) is 7.94. The lowest BCUT2D eigenvalue weighted by Gasteiger charge is -2.41. The first-order valence-electron chi connectivity index (χ1n) is 10.3. The minimum Gasteiger partial charge on any atom is -0.370 e. The molecule has 1 saturated carbocycles. The second-order valence-electron chi connectivity index (χ2n) is 7.94. The molecule has 2 amide bonds. The van der Waals surface area contributed by atoms with Crippen molar-refractivity contribution in [3.05, 3.63) is 23.8 Å². The molecule has 3 N–H and O–H groups in total. The number of hydrogen-bond acceptors (Lipinski definition) is 5. The molecule has 184 valence electrons. The Morgan fingerprint density at radius 2 is 1.94 bits per heavy atom. The summed E-state index contributed by atoms with van der Waals surface area (Å²) in [6.07, 6.45) is -7.93. The van der Waals surface area contributed by atoms with E-state index in [2.05, 4.69) is 5.32 Å². The predicted octanol–water partition coefficient (Wildman–Crippen LogP) is 2.75. The molecule has 1 saturated heterocycles. The Balaban J connectivity index is 1.86. The van der Waals surface area contributed by atoms with Gasteiger partial charge in [-0.3, -0.25) is 14.5 Å². The van der Waals surface area contributed by atoms with Crippen LogP contribution in [-0.4, -0.2) is 67.8 Å². The van der Waals surface area contributed by atoms with Gasteiger partial charge in [0.05, 0.1) is 24.4 Å². The Morgan fingerprint density at radius 3 is 2.45 bits per heavy atom. The number of halogens is 6. The number of nitrogens with zero attached hydrogens (tertiary/aromatic N) is 2. The highest BCUT2D eigenvalue weighted by Crippen LogP contribution is 2.38. The van der Waals surface area contributed by atoms with Gasteiger partial charge in [0.25, 0.3) is 5.91 Å². The summed E-state index contributed by atoms with van der Waals surface area (Å²) in [7, 11) is 0. The summed E-state index contributed by atoms with van der Waals surface area (Å²) < 4.78 is 85.4. The van der Waals surface area contributed by atoms with Gasteiger partial charge < -0.3 is 20.7 Å². The minimum absolute atomic E-state index is 0.0304.